The third-order valence-electron chi connectivity index (χ3n) is 6.63. The number of hydrogen-bond acceptors (Lipinski definition) is 6. The Labute approximate surface area is 237 Å². The predicted molar refractivity (Wildman–Crippen MR) is 144 cm³/mol. The van der Waals surface area contributed by atoms with Crippen molar-refractivity contribution >= 4 is 5.69 Å². The molecule has 4 aromatic rings. The lowest BCUT2D eigenvalue weighted by molar-refractivity contribution is -0.206. The number of allylic oxidation sites excluding steroid dienone is 2. The standard InChI is InChI=1S/C30H23F5N6O/c31-23-8-3-22(4-9-23)16-36-25-11-5-20(6-12-25)1-2-21-7-14-28(37-17-21)30(34,35)29(42,18-41-19-38-39-40-41)26-13-10-24(32)15-27(26)33/h3-15,17,19,28,36-37,42H,16,18H2. The van der Waals surface area contributed by atoms with Gasteiger partial charge < -0.3 is 15.7 Å². The molecule has 0 saturated heterocycles. The van der Waals surface area contributed by atoms with Gasteiger partial charge in [0.1, 0.15) is 29.8 Å². The molecule has 0 saturated carbocycles. The second-order valence-electron chi connectivity index (χ2n) is 9.53. The summed E-state index contributed by atoms with van der Waals surface area (Å²) in [7, 11) is 0. The number of aliphatic hydroxyl groups is 1. The van der Waals surface area contributed by atoms with Gasteiger partial charge in [-0.1, -0.05) is 30.0 Å². The maximum atomic E-state index is 15.9. The molecule has 3 aromatic carbocycles. The molecule has 12 heteroatoms. The zero-order chi connectivity index (χ0) is 29.7. The van der Waals surface area contributed by atoms with Gasteiger partial charge in [-0.2, -0.15) is 0 Å². The molecular formula is C30H23F5N6O. The van der Waals surface area contributed by atoms with Gasteiger partial charge in [0.2, 0.25) is 0 Å². The maximum Gasteiger partial charge on any atom is 0.305 e. The van der Waals surface area contributed by atoms with Gasteiger partial charge >= 0.3 is 5.92 Å². The molecule has 2 atom stereocenters. The van der Waals surface area contributed by atoms with Crippen LogP contribution in [0.4, 0.5) is 27.6 Å². The Hall–Kier alpha value is -5.02. The average molecular weight is 579 g/mol. The molecule has 1 aliphatic rings. The summed E-state index contributed by atoms with van der Waals surface area (Å²) in [4.78, 5) is 0. The number of aromatic nitrogens is 4. The predicted octanol–water partition coefficient (Wildman–Crippen LogP) is 4.69. The van der Waals surface area contributed by atoms with E-state index in [2.05, 4.69) is 38.0 Å². The minimum Gasteiger partial charge on any atom is -0.381 e. The largest absolute Gasteiger partial charge is 0.381 e. The van der Waals surface area contributed by atoms with E-state index in [1.807, 2.05) is 12.1 Å². The van der Waals surface area contributed by atoms with Crippen molar-refractivity contribution in [1.82, 2.24) is 25.5 Å². The molecule has 0 fully saturated rings. The van der Waals surface area contributed by atoms with Crippen molar-refractivity contribution in [1.29, 1.82) is 0 Å². The number of alkyl halides is 2. The molecule has 2 unspecified atom stereocenters. The van der Waals surface area contributed by atoms with Gasteiger partial charge in [-0.05, 0) is 70.6 Å². The molecule has 0 aliphatic carbocycles. The van der Waals surface area contributed by atoms with Gasteiger partial charge in [-0.15, -0.1) is 5.10 Å². The van der Waals surface area contributed by atoms with Crippen LogP contribution in [0.5, 0.6) is 0 Å². The summed E-state index contributed by atoms with van der Waals surface area (Å²) >= 11 is 0. The Morgan fingerprint density at radius 1 is 0.952 bits per heavy atom. The highest BCUT2D eigenvalue weighted by Crippen LogP contribution is 2.43. The van der Waals surface area contributed by atoms with Crippen molar-refractivity contribution in [3.05, 3.63) is 131 Å². The van der Waals surface area contributed by atoms with Gasteiger partial charge in [-0.25, -0.2) is 26.6 Å². The Bertz CT molecular complexity index is 1660. The number of tetrazole rings is 1. The number of nitrogens with zero attached hydrogens (tertiary/aromatic N) is 4. The third-order valence-corrected chi connectivity index (χ3v) is 6.63. The van der Waals surface area contributed by atoms with E-state index in [9.17, 15) is 18.3 Å². The van der Waals surface area contributed by atoms with E-state index in [0.29, 0.717) is 23.7 Å². The van der Waals surface area contributed by atoms with Crippen molar-refractivity contribution in [2.75, 3.05) is 5.32 Å². The first-order valence-electron chi connectivity index (χ1n) is 12.7. The Morgan fingerprint density at radius 2 is 1.69 bits per heavy atom. The highest BCUT2D eigenvalue weighted by Gasteiger charge is 2.59. The summed E-state index contributed by atoms with van der Waals surface area (Å²) in [6.45, 7) is -0.397. The molecule has 214 valence electrons. The van der Waals surface area contributed by atoms with E-state index < -0.39 is 41.3 Å². The topological polar surface area (TPSA) is 87.9 Å². The average Bonchev–Trinajstić information content (AvgIpc) is 3.49. The summed E-state index contributed by atoms with van der Waals surface area (Å²) in [5.74, 6) is -0.826. The summed E-state index contributed by atoms with van der Waals surface area (Å²) in [5.41, 5.74) is -1.16. The van der Waals surface area contributed by atoms with Crippen molar-refractivity contribution < 1.29 is 27.1 Å². The number of rotatable bonds is 8. The molecule has 0 bridgehead atoms. The lowest BCUT2D eigenvalue weighted by Crippen LogP contribution is -2.59. The first kappa shape index (κ1) is 28.5. The number of nitrogens with one attached hydrogen (secondary N) is 2. The van der Waals surface area contributed by atoms with E-state index in [1.54, 1.807) is 24.3 Å². The van der Waals surface area contributed by atoms with E-state index in [4.69, 9.17) is 0 Å². The minimum atomic E-state index is -4.03. The lowest BCUT2D eigenvalue weighted by Gasteiger charge is -2.40. The van der Waals surface area contributed by atoms with Crippen molar-refractivity contribution in [3.63, 3.8) is 0 Å². The number of dihydropyridines is 1. The first-order valence-corrected chi connectivity index (χ1v) is 12.7. The Balaban J connectivity index is 1.28. The fourth-order valence-corrected chi connectivity index (χ4v) is 4.35. The number of benzene rings is 3. The van der Waals surface area contributed by atoms with Crippen LogP contribution >= 0.6 is 0 Å². The van der Waals surface area contributed by atoms with Gasteiger partial charge in [0.05, 0.1) is 6.54 Å². The molecule has 42 heavy (non-hydrogen) atoms. The minimum absolute atomic E-state index is 0.299. The highest BCUT2D eigenvalue weighted by molar-refractivity contribution is 5.51. The quantitative estimate of drug-likeness (QED) is 0.208. The van der Waals surface area contributed by atoms with Crippen molar-refractivity contribution in [2.24, 2.45) is 0 Å². The molecule has 1 aliphatic heterocycles. The smallest absolute Gasteiger partial charge is 0.305 e. The van der Waals surface area contributed by atoms with Crippen LogP contribution < -0.4 is 10.6 Å². The molecule has 0 amide bonds. The van der Waals surface area contributed by atoms with Gasteiger partial charge in [0.25, 0.3) is 0 Å². The van der Waals surface area contributed by atoms with Crippen LogP contribution in [-0.2, 0) is 18.7 Å². The first-order chi connectivity index (χ1) is 20.1. The Kier molecular flexibility index (Phi) is 8.04. The van der Waals surface area contributed by atoms with E-state index >= 15 is 8.78 Å². The van der Waals surface area contributed by atoms with Crippen molar-refractivity contribution in [3.8, 4) is 11.8 Å². The molecule has 0 radical (unpaired) electrons. The third kappa shape index (κ3) is 6.16. The molecule has 1 aromatic heterocycles. The van der Waals surface area contributed by atoms with Crippen LogP contribution in [0.3, 0.4) is 0 Å². The maximum absolute atomic E-state index is 15.9. The van der Waals surface area contributed by atoms with E-state index in [0.717, 1.165) is 40.5 Å². The molecule has 3 N–H and O–H groups in total. The van der Waals surface area contributed by atoms with Gasteiger partial charge in [0.15, 0.2) is 5.60 Å². The molecule has 5 rings (SSSR count). The lowest BCUT2D eigenvalue weighted by atomic mass is 9.82. The highest BCUT2D eigenvalue weighted by atomic mass is 19.3. The van der Waals surface area contributed by atoms with Crippen LogP contribution in [0.25, 0.3) is 0 Å². The number of halogens is 5. The second kappa shape index (κ2) is 11.8. The number of anilines is 1. The summed E-state index contributed by atoms with van der Waals surface area (Å²) in [6.07, 6.45) is 4.73. The summed E-state index contributed by atoms with van der Waals surface area (Å²) in [6, 6.07) is 13.6. The Morgan fingerprint density at radius 3 is 2.33 bits per heavy atom. The summed E-state index contributed by atoms with van der Waals surface area (Å²) in [5, 5.41) is 27.3. The van der Waals surface area contributed by atoms with Crippen LogP contribution in [0.1, 0.15) is 16.7 Å². The van der Waals surface area contributed by atoms with Crippen molar-refractivity contribution in [2.45, 2.75) is 30.7 Å². The summed E-state index contributed by atoms with van der Waals surface area (Å²) < 4.78 is 73.9. The fraction of sp³-hybridized carbons (Fsp3) is 0.167. The van der Waals surface area contributed by atoms with Crippen LogP contribution in [0, 0.1) is 29.3 Å². The van der Waals surface area contributed by atoms with Crippen LogP contribution in [0.15, 0.2) is 97.0 Å². The normalized spacial score (nSPS) is 16.0. The zero-order valence-corrected chi connectivity index (χ0v) is 21.8. The van der Waals surface area contributed by atoms with Gasteiger partial charge in [-0.3, -0.25) is 0 Å². The van der Waals surface area contributed by atoms with Gasteiger partial charge in [0, 0.05) is 41.2 Å². The molecule has 7 nitrogen and oxygen atoms in total. The molecule has 2 heterocycles. The van der Waals surface area contributed by atoms with Crippen LogP contribution in [-0.4, -0.2) is 37.3 Å². The SMILES string of the molecule is OC(Cn1cnnn1)(c1ccc(F)cc1F)C(F)(F)C1C=CC(C#Cc2ccc(NCc3ccc(F)cc3)cc2)=CN1. The van der Waals surface area contributed by atoms with E-state index in [-0.39, 0.29) is 5.82 Å². The second-order valence-corrected chi connectivity index (χ2v) is 9.53. The fourth-order valence-electron chi connectivity index (χ4n) is 4.35. The molecule has 0 spiro atoms. The zero-order valence-electron chi connectivity index (χ0n) is 21.8. The number of hydrogen-bond donors (Lipinski definition) is 3. The monoisotopic (exact) mass is 578 g/mol. The van der Waals surface area contributed by atoms with Crippen LogP contribution in [0.2, 0.25) is 0 Å². The van der Waals surface area contributed by atoms with E-state index in [1.165, 1.54) is 24.4 Å². The molecular weight excluding hydrogens is 555 g/mol.